The van der Waals surface area contributed by atoms with E-state index < -0.39 is 10.0 Å². The highest BCUT2D eigenvalue weighted by atomic mass is 32.2. The van der Waals surface area contributed by atoms with E-state index >= 15 is 0 Å². The summed E-state index contributed by atoms with van der Waals surface area (Å²) in [7, 11) is -3.34. The Bertz CT molecular complexity index is 619. The predicted octanol–water partition coefficient (Wildman–Crippen LogP) is 0.936. The van der Waals surface area contributed by atoms with Crippen LogP contribution in [0.25, 0.3) is 10.9 Å². The lowest BCUT2D eigenvalue weighted by molar-refractivity contribution is 0.590. The van der Waals surface area contributed by atoms with Crippen LogP contribution in [0.5, 0.6) is 0 Å². The van der Waals surface area contributed by atoms with Gasteiger partial charge in [0.2, 0.25) is 10.0 Å². The van der Waals surface area contributed by atoms with Gasteiger partial charge in [0, 0.05) is 23.6 Å². The van der Waals surface area contributed by atoms with Crippen molar-refractivity contribution in [1.82, 2.24) is 10.3 Å². The van der Waals surface area contributed by atoms with Gasteiger partial charge in [0.1, 0.15) is 0 Å². The van der Waals surface area contributed by atoms with Crippen LogP contribution in [-0.4, -0.2) is 25.7 Å². The maximum atomic E-state index is 10.8. The molecule has 0 aliphatic rings. The van der Waals surface area contributed by atoms with Crippen molar-refractivity contribution in [3.05, 3.63) is 36.0 Å². The van der Waals surface area contributed by atoms with Gasteiger partial charge in [-0.3, -0.25) is 0 Å². The van der Waals surface area contributed by atoms with Crippen LogP contribution >= 0.6 is 0 Å². The topological polar surface area (TPSA) is 88.0 Å². The van der Waals surface area contributed by atoms with Crippen LogP contribution < -0.4 is 10.5 Å². The summed E-state index contributed by atoms with van der Waals surface area (Å²) in [5.74, 6) is 0.0222. The molecule has 0 amide bonds. The Morgan fingerprint density at radius 3 is 2.89 bits per heavy atom. The number of nitrogens with two attached hydrogens (primary N) is 1. The van der Waals surface area contributed by atoms with Crippen LogP contribution in [0.2, 0.25) is 0 Å². The number of primary sulfonamides is 1. The molecule has 0 unspecified atom stereocenters. The molecular formula is C12H17N3O2S. The van der Waals surface area contributed by atoms with Gasteiger partial charge in [0.05, 0.1) is 5.75 Å². The highest BCUT2D eigenvalue weighted by molar-refractivity contribution is 7.89. The SMILES string of the molecule is NS(=O)(=O)CCCNCc1cccc2[nH]ccc12. The molecule has 4 N–H and O–H groups in total. The minimum absolute atomic E-state index is 0.0222. The van der Waals surface area contributed by atoms with Crippen molar-refractivity contribution in [2.75, 3.05) is 12.3 Å². The Morgan fingerprint density at radius 2 is 2.11 bits per heavy atom. The number of aromatic amines is 1. The number of H-pyrrole nitrogens is 1. The van der Waals surface area contributed by atoms with E-state index in [9.17, 15) is 8.42 Å². The van der Waals surface area contributed by atoms with Gasteiger partial charge >= 0.3 is 0 Å². The van der Waals surface area contributed by atoms with Crippen molar-refractivity contribution in [3.8, 4) is 0 Å². The minimum Gasteiger partial charge on any atom is -0.361 e. The third-order valence-electron chi connectivity index (χ3n) is 2.78. The fraction of sp³-hybridized carbons (Fsp3) is 0.333. The number of hydrogen-bond donors (Lipinski definition) is 3. The van der Waals surface area contributed by atoms with E-state index in [1.165, 1.54) is 10.9 Å². The Balaban J connectivity index is 1.85. The molecular weight excluding hydrogens is 250 g/mol. The van der Waals surface area contributed by atoms with Crippen LogP contribution in [0.3, 0.4) is 0 Å². The van der Waals surface area contributed by atoms with E-state index in [4.69, 9.17) is 5.14 Å². The molecule has 1 aromatic carbocycles. The molecule has 18 heavy (non-hydrogen) atoms. The van der Waals surface area contributed by atoms with Crippen molar-refractivity contribution in [2.45, 2.75) is 13.0 Å². The molecule has 0 aliphatic heterocycles. The number of benzene rings is 1. The second-order valence-electron chi connectivity index (χ2n) is 4.25. The van der Waals surface area contributed by atoms with E-state index in [1.54, 1.807) is 0 Å². The Labute approximate surface area is 106 Å². The van der Waals surface area contributed by atoms with E-state index in [0.29, 0.717) is 13.0 Å². The van der Waals surface area contributed by atoms with Crippen LogP contribution in [0.1, 0.15) is 12.0 Å². The van der Waals surface area contributed by atoms with E-state index in [-0.39, 0.29) is 5.75 Å². The summed E-state index contributed by atoms with van der Waals surface area (Å²) in [6.45, 7) is 1.36. The van der Waals surface area contributed by atoms with Gasteiger partial charge in [-0.25, -0.2) is 13.6 Å². The minimum atomic E-state index is -3.34. The average Bonchev–Trinajstić information content (AvgIpc) is 2.75. The summed E-state index contributed by atoms with van der Waals surface area (Å²) in [6, 6.07) is 8.12. The molecule has 98 valence electrons. The molecule has 6 heteroatoms. The van der Waals surface area contributed by atoms with E-state index in [1.807, 2.05) is 24.4 Å². The van der Waals surface area contributed by atoms with Gasteiger partial charge in [0.15, 0.2) is 0 Å². The molecule has 0 fully saturated rings. The number of aromatic nitrogens is 1. The summed E-state index contributed by atoms with van der Waals surface area (Å²) in [6.07, 6.45) is 2.44. The first-order valence-corrected chi connectivity index (χ1v) is 7.54. The van der Waals surface area contributed by atoms with Gasteiger partial charge in [-0.2, -0.15) is 0 Å². The summed E-state index contributed by atoms with van der Waals surface area (Å²) < 4.78 is 21.5. The normalized spacial score (nSPS) is 12.1. The summed E-state index contributed by atoms with van der Waals surface area (Å²) in [5, 5.41) is 9.34. The first-order chi connectivity index (χ1) is 8.56. The van der Waals surface area contributed by atoms with Gasteiger partial charge in [-0.1, -0.05) is 12.1 Å². The fourth-order valence-corrected chi connectivity index (χ4v) is 2.47. The number of sulfonamides is 1. The first kappa shape index (κ1) is 13.1. The van der Waals surface area contributed by atoms with Crippen molar-refractivity contribution in [2.24, 2.45) is 5.14 Å². The highest BCUT2D eigenvalue weighted by Gasteiger charge is 2.03. The maximum Gasteiger partial charge on any atom is 0.209 e. The Kier molecular flexibility index (Phi) is 4.00. The molecule has 0 spiro atoms. The first-order valence-electron chi connectivity index (χ1n) is 5.82. The van der Waals surface area contributed by atoms with Crippen molar-refractivity contribution in [1.29, 1.82) is 0 Å². The lowest BCUT2D eigenvalue weighted by atomic mass is 10.1. The molecule has 2 rings (SSSR count). The number of nitrogens with one attached hydrogen (secondary N) is 2. The van der Waals surface area contributed by atoms with Crippen molar-refractivity contribution in [3.63, 3.8) is 0 Å². The second-order valence-corrected chi connectivity index (χ2v) is 5.99. The zero-order valence-corrected chi connectivity index (χ0v) is 10.8. The third-order valence-corrected chi connectivity index (χ3v) is 3.64. The number of hydrogen-bond acceptors (Lipinski definition) is 3. The van der Waals surface area contributed by atoms with Gasteiger partial charge < -0.3 is 10.3 Å². The van der Waals surface area contributed by atoms with Crippen molar-refractivity contribution < 1.29 is 8.42 Å². The monoisotopic (exact) mass is 267 g/mol. The number of rotatable bonds is 6. The zero-order chi connectivity index (χ0) is 13.0. The van der Waals surface area contributed by atoms with Gasteiger partial charge in [-0.05, 0) is 30.7 Å². The summed E-state index contributed by atoms with van der Waals surface area (Å²) >= 11 is 0. The summed E-state index contributed by atoms with van der Waals surface area (Å²) in [5.41, 5.74) is 2.31. The third kappa shape index (κ3) is 3.56. The number of fused-ring (bicyclic) bond motifs is 1. The van der Waals surface area contributed by atoms with Crippen LogP contribution in [-0.2, 0) is 16.6 Å². The molecule has 1 aromatic heterocycles. The molecule has 0 bridgehead atoms. The standard InChI is InChI=1S/C12H17N3O2S/c13-18(16,17)8-2-6-14-9-10-3-1-4-12-11(10)5-7-15-12/h1,3-5,7,14-15H,2,6,8-9H2,(H2,13,16,17). The zero-order valence-electron chi connectivity index (χ0n) is 10.0. The molecule has 2 aromatic rings. The summed E-state index contributed by atoms with van der Waals surface area (Å²) in [4.78, 5) is 3.16. The molecule has 0 saturated carbocycles. The molecule has 5 nitrogen and oxygen atoms in total. The lowest BCUT2D eigenvalue weighted by Crippen LogP contribution is -2.22. The largest absolute Gasteiger partial charge is 0.361 e. The smallest absolute Gasteiger partial charge is 0.209 e. The Morgan fingerprint density at radius 1 is 1.28 bits per heavy atom. The average molecular weight is 267 g/mol. The second kappa shape index (κ2) is 5.51. The quantitative estimate of drug-likeness (QED) is 0.680. The van der Waals surface area contributed by atoms with Crippen molar-refractivity contribution >= 4 is 20.9 Å². The van der Waals surface area contributed by atoms with E-state index in [0.717, 1.165) is 12.1 Å². The van der Waals surface area contributed by atoms with E-state index in [2.05, 4.69) is 16.4 Å². The fourth-order valence-electron chi connectivity index (χ4n) is 1.93. The predicted molar refractivity (Wildman–Crippen MR) is 72.6 cm³/mol. The highest BCUT2D eigenvalue weighted by Crippen LogP contribution is 2.16. The van der Waals surface area contributed by atoms with Gasteiger partial charge in [-0.15, -0.1) is 0 Å². The molecule has 0 atom stereocenters. The molecule has 0 aliphatic carbocycles. The van der Waals surface area contributed by atoms with Crippen LogP contribution in [0.15, 0.2) is 30.5 Å². The van der Waals surface area contributed by atoms with Crippen LogP contribution in [0, 0.1) is 0 Å². The lowest BCUT2D eigenvalue weighted by Gasteiger charge is -2.05. The molecule has 0 saturated heterocycles. The molecule has 1 heterocycles. The Hall–Kier alpha value is -1.37. The van der Waals surface area contributed by atoms with Crippen LogP contribution in [0.4, 0.5) is 0 Å². The van der Waals surface area contributed by atoms with Gasteiger partial charge in [0.25, 0.3) is 0 Å². The maximum absolute atomic E-state index is 10.8. The molecule has 0 radical (unpaired) electrons.